The average molecular weight is 355 g/mol. The van der Waals surface area contributed by atoms with Crippen molar-refractivity contribution in [1.82, 2.24) is 5.32 Å². The predicted molar refractivity (Wildman–Crippen MR) is 96.9 cm³/mol. The van der Waals surface area contributed by atoms with Crippen molar-refractivity contribution in [3.8, 4) is 5.75 Å². The Labute approximate surface area is 147 Å². The number of hydrogen-bond acceptors (Lipinski definition) is 6. The molecule has 1 aliphatic heterocycles. The normalized spacial score (nSPS) is 16.9. The number of amidine groups is 1. The second-order valence-electron chi connectivity index (χ2n) is 4.97. The fraction of sp³-hybridized carbons (Fsp3) is 0.0588. The van der Waals surface area contributed by atoms with E-state index in [1.807, 2.05) is 30.3 Å². The SMILES string of the molecule is COc1c(/C=C2\SC(=Nc3ccccc3)NC2=O)cccc1[N+](=O)[O-]. The smallest absolute Gasteiger partial charge is 0.311 e. The highest BCUT2D eigenvalue weighted by atomic mass is 32.2. The largest absolute Gasteiger partial charge is 0.490 e. The minimum Gasteiger partial charge on any atom is -0.490 e. The topological polar surface area (TPSA) is 93.8 Å². The van der Waals surface area contributed by atoms with Gasteiger partial charge in [-0.25, -0.2) is 4.99 Å². The van der Waals surface area contributed by atoms with Crippen LogP contribution in [0.4, 0.5) is 11.4 Å². The fourth-order valence-electron chi connectivity index (χ4n) is 2.26. The maximum absolute atomic E-state index is 12.1. The number of carbonyl (C=O) groups is 1. The Kier molecular flexibility index (Phi) is 4.80. The van der Waals surface area contributed by atoms with E-state index in [0.717, 1.165) is 5.69 Å². The Morgan fingerprint density at radius 3 is 2.64 bits per heavy atom. The summed E-state index contributed by atoms with van der Waals surface area (Å²) in [4.78, 5) is 27.4. The zero-order valence-corrected chi connectivity index (χ0v) is 13.9. The lowest BCUT2D eigenvalue weighted by Crippen LogP contribution is -2.19. The number of para-hydroxylation sites is 2. The number of nitrogens with one attached hydrogen (secondary N) is 1. The number of thioether (sulfide) groups is 1. The summed E-state index contributed by atoms with van der Waals surface area (Å²) in [7, 11) is 1.36. The van der Waals surface area contributed by atoms with Crippen molar-refractivity contribution in [2.45, 2.75) is 0 Å². The number of hydrogen-bond donors (Lipinski definition) is 1. The van der Waals surface area contributed by atoms with Gasteiger partial charge < -0.3 is 10.1 Å². The molecule has 1 N–H and O–H groups in total. The van der Waals surface area contributed by atoms with Crippen LogP contribution in [0.2, 0.25) is 0 Å². The van der Waals surface area contributed by atoms with Gasteiger partial charge in [-0.15, -0.1) is 0 Å². The van der Waals surface area contributed by atoms with E-state index in [1.165, 1.54) is 24.9 Å². The summed E-state index contributed by atoms with van der Waals surface area (Å²) in [6.07, 6.45) is 1.55. The standard InChI is InChI=1S/C17H13N3O4S/c1-24-15-11(6-5-9-13(15)20(22)23)10-14-16(21)19-17(25-14)18-12-7-3-2-4-8-12/h2-10H,1H3,(H,18,19,21)/b14-10-. The zero-order chi connectivity index (χ0) is 17.8. The molecule has 1 heterocycles. The summed E-state index contributed by atoms with van der Waals surface area (Å²) < 4.78 is 5.15. The number of rotatable bonds is 4. The van der Waals surface area contributed by atoms with Crippen molar-refractivity contribution in [3.05, 3.63) is 69.1 Å². The summed E-state index contributed by atoms with van der Waals surface area (Å²) >= 11 is 1.17. The Morgan fingerprint density at radius 1 is 1.20 bits per heavy atom. The second-order valence-corrected chi connectivity index (χ2v) is 6.00. The molecule has 0 unspecified atom stereocenters. The third kappa shape index (κ3) is 3.69. The molecular weight excluding hydrogens is 342 g/mol. The molecule has 0 aliphatic carbocycles. The first-order chi connectivity index (χ1) is 12.1. The highest BCUT2D eigenvalue weighted by Crippen LogP contribution is 2.35. The van der Waals surface area contributed by atoms with Gasteiger partial charge in [0, 0.05) is 11.6 Å². The molecule has 3 rings (SSSR count). The first kappa shape index (κ1) is 16.7. The van der Waals surface area contributed by atoms with Gasteiger partial charge in [-0.05, 0) is 30.0 Å². The number of methoxy groups -OCH3 is 1. The lowest BCUT2D eigenvalue weighted by atomic mass is 10.1. The molecule has 25 heavy (non-hydrogen) atoms. The van der Waals surface area contributed by atoms with E-state index in [0.29, 0.717) is 15.6 Å². The molecule has 1 amide bonds. The highest BCUT2D eigenvalue weighted by Gasteiger charge is 2.25. The van der Waals surface area contributed by atoms with Crippen LogP contribution in [0.25, 0.3) is 6.08 Å². The van der Waals surface area contributed by atoms with Gasteiger partial charge in [0.2, 0.25) is 5.75 Å². The lowest BCUT2D eigenvalue weighted by molar-refractivity contribution is -0.385. The summed E-state index contributed by atoms with van der Waals surface area (Å²) in [6, 6.07) is 13.8. The van der Waals surface area contributed by atoms with Gasteiger partial charge in [0.1, 0.15) is 0 Å². The van der Waals surface area contributed by atoms with Crippen LogP contribution in [0, 0.1) is 10.1 Å². The molecule has 126 valence electrons. The van der Waals surface area contributed by atoms with E-state index >= 15 is 0 Å². The average Bonchev–Trinajstić information content (AvgIpc) is 2.94. The van der Waals surface area contributed by atoms with Gasteiger partial charge in [-0.2, -0.15) is 0 Å². The number of nitro benzene ring substituents is 1. The minimum absolute atomic E-state index is 0.113. The van der Waals surface area contributed by atoms with E-state index in [1.54, 1.807) is 18.2 Å². The molecule has 0 aromatic heterocycles. The zero-order valence-electron chi connectivity index (χ0n) is 13.1. The monoisotopic (exact) mass is 355 g/mol. The highest BCUT2D eigenvalue weighted by molar-refractivity contribution is 8.18. The molecule has 0 atom stereocenters. The first-order valence-electron chi connectivity index (χ1n) is 7.24. The van der Waals surface area contributed by atoms with Crippen molar-refractivity contribution in [1.29, 1.82) is 0 Å². The van der Waals surface area contributed by atoms with Crippen LogP contribution in [0.15, 0.2) is 58.4 Å². The van der Waals surface area contributed by atoms with Crippen LogP contribution < -0.4 is 10.1 Å². The molecule has 1 saturated heterocycles. The molecule has 0 spiro atoms. The maximum Gasteiger partial charge on any atom is 0.311 e. The molecule has 0 bridgehead atoms. The quantitative estimate of drug-likeness (QED) is 0.515. The van der Waals surface area contributed by atoms with Gasteiger partial charge in [0.15, 0.2) is 5.17 Å². The van der Waals surface area contributed by atoms with Crippen LogP contribution in [-0.2, 0) is 4.79 Å². The lowest BCUT2D eigenvalue weighted by Gasteiger charge is -2.05. The molecule has 2 aromatic carbocycles. The van der Waals surface area contributed by atoms with E-state index in [4.69, 9.17) is 4.74 Å². The number of benzene rings is 2. The fourth-order valence-corrected chi connectivity index (χ4v) is 3.10. The van der Waals surface area contributed by atoms with Crippen molar-refractivity contribution >= 4 is 40.3 Å². The van der Waals surface area contributed by atoms with Crippen molar-refractivity contribution in [2.75, 3.05) is 7.11 Å². The van der Waals surface area contributed by atoms with Gasteiger partial charge >= 0.3 is 5.69 Å². The molecule has 8 heteroatoms. The number of carbonyl (C=O) groups excluding carboxylic acids is 1. The van der Waals surface area contributed by atoms with E-state index in [-0.39, 0.29) is 17.3 Å². The van der Waals surface area contributed by atoms with Crippen LogP contribution in [0.5, 0.6) is 5.75 Å². The number of ether oxygens (including phenoxy) is 1. The minimum atomic E-state index is -0.523. The molecule has 7 nitrogen and oxygen atoms in total. The molecule has 0 saturated carbocycles. The van der Waals surface area contributed by atoms with Crippen LogP contribution in [0.1, 0.15) is 5.56 Å². The van der Waals surface area contributed by atoms with Gasteiger partial charge in [-0.1, -0.05) is 30.3 Å². The van der Waals surface area contributed by atoms with Crippen molar-refractivity contribution in [2.24, 2.45) is 4.99 Å². The molecule has 1 aliphatic rings. The summed E-state index contributed by atoms with van der Waals surface area (Å²) in [5, 5.41) is 14.2. The van der Waals surface area contributed by atoms with Crippen molar-refractivity contribution < 1.29 is 14.5 Å². The Balaban J connectivity index is 1.93. The van der Waals surface area contributed by atoms with Gasteiger partial charge in [0.05, 0.1) is 22.6 Å². The molecule has 0 radical (unpaired) electrons. The number of nitro groups is 1. The van der Waals surface area contributed by atoms with Gasteiger partial charge in [0.25, 0.3) is 5.91 Å². The summed E-state index contributed by atoms with van der Waals surface area (Å²) in [5.41, 5.74) is 1.02. The number of aliphatic imine (C=N–C) groups is 1. The number of nitrogens with zero attached hydrogens (tertiary/aromatic N) is 2. The second kappa shape index (κ2) is 7.18. The van der Waals surface area contributed by atoms with E-state index in [9.17, 15) is 14.9 Å². The third-order valence-corrected chi connectivity index (χ3v) is 4.26. The van der Waals surface area contributed by atoms with Crippen LogP contribution in [0.3, 0.4) is 0 Å². The predicted octanol–water partition coefficient (Wildman–Crippen LogP) is 3.50. The Morgan fingerprint density at radius 2 is 1.96 bits per heavy atom. The summed E-state index contributed by atoms with van der Waals surface area (Å²) in [6.45, 7) is 0. The maximum atomic E-state index is 12.1. The number of amides is 1. The van der Waals surface area contributed by atoms with E-state index in [2.05, 4.69) is 10.3 Å². The Bertz CT molecular complexity index is 894. The van der Waals surface area contributed by atoms with Gasteiger partial charge in [-0.3, -0.25) is 14.9 Å². The van der Waals surface area contributed by atoms with E-state index < -0.39 is 4.92 Å². The Hall–Kier alpha value is -3.13. The molecular formula is C17H13N3O4S. The third-order valence-electron chi connectivity index (χ3n) is 3.35. The molecule has 1 fully saturated rings. The molecule has 2 aromatic rings. The first-order valence-corrected chi connectivity index (χ1v) is 8.06. The summed E-state index contributed by atoms with van der Waals surface area (Å²) in [5.74, 6) is -0.199. The van der Waals surface area contributed by atoms with Crippen LogP contribution in [-0.4, -0.2) is 23.1 Å². The van der Waals surface area contributed by atoms with Crippen LogP contribution >= 0.6 is 11.8 Å². The van der Waals surface area contributed by atoms with Crippen molar-refractivity contribution in [3.63, 3.8) is 0 Å².